The molecule has 0 amide bonds. The van der Waals surface area contributed by atoms with Crippen molar-refractivity contribution in [2.75, 3.05) is 6.54 Å². The molecule has 1 saturated heterocycles. The minimum absolute atomic E-state index is 0.0125. The maximum atomic E-state index is 11.7. The van der Waals surface area contributed by atoms with Crippen LogP contribution in [0.5, 0.6) is 0 Å². The van der Waals surface area contributed by atoms with Crippen molar-refractivity contribution in [3.8, 4) is 0 Å². The maximum absolute atomic E-state index is 11.7. The minimum Gasteiger partial charge on any atom is -0.307 e. The highest BCUT2D eigenvalue weighted by atomic mass is 35.5. The van der Waals surface area contributed by atoms with Gasteiger partial charge in [0, 0.05) is 10.6 Å². The lowest BCUT2D eigenvalue weighted by Crippen LogP contribution is -2.48. The lowest BCUT2D eigenvalue weighted by atomic mass is 9.97. The van der Waals surface area contributed by atoms with Gasteiger partial charge in [0.05, 0.1) is 6.04 Å². The fourth-order valence-corrected chi connectivity index (χ4v) is 1.55. The van der Waals surface area contributed by atoms with Crippen molar-refractivity contribution < 1.29 is 4.79 Å². The van der Waals surface area contributed by atoms with Crippen LogP contribution < -0.4 is 5.32 Å². The van der Waals surface area contributed by atoms with E-state index >= 15 is 0 Å². The van der Waals surface area contributed by atoms with Crippen molar-refractivity contribution in [2.45, 2.75) is 12.5 Å². The molecular weight excluding hydrogens is 186 g/mol. The standard InChI is InChI=1S/C10H10ClNO/c11-8-3-1-2-7(6-8)10(13)9-4-5-12-9/h1-3,6,9,12H,4-5H2. The molecule has 1 aromatic rings. The van der Waals surface area contributed by atoms with Gasteiger partial charge >= 0.3 is 0 Å². The zero-order valence-electron chi connectivity index (χ0n) is 7.09. The summed E-state index contributed by atoms with van der Waals surface area (Å²) < 4.78 is 0. The van der Waals surface area contributed by atoms with E-state index in [0.29, 0.717) is 10.6 Å². The number of benzene rings is 1. The van der Waals surface area contributed by atoms with Crippen LogP contribution in [-0.4, -0.2) is 18.4 Å². The molecule has 2 rings (SSSR count). The van der Waals surface area contributed by atoms with Gasteiger partial charge in [-0.3, -0.25) is 4.79 Å². The summed E-state index contributed by atoms with van der Waals surface area (Å²) in [6.07, 6.45) is 0.936. The first-order valence-corrected chi connectivity index (χ1v) is 4.68. The molecular formula is C10H10ClNO. The minimum atomic E-state index is 0.0125. The van der Waals surface area contributed by atoms with Crippen LogP contribution in [0.4, 0.5) is 0 Å². The third kappa shape index (κ3) is 1.74. The van der Waals surface area contributed by atoms with Crippen LogP contribution in [0.1, 0.15) is 16.8 Å². The number of carbonyl (C=O) groups excluding carboxylic acids is 1. The summed E-state index contributed by atoms with van der Waals surface area (Å²) in [7, 11) is 0. The second-order valence-corrected chi connectivity index (χ2v) is 3.61. The highest BCUT2D eigenvalue weighted by molar-refractivity contribution is 6.31. The Morgan fingerprint density at radius 2 is 2.31 bits per heavy atom. The van der Waals surface area contributed by atoms with Crippen LogP contribution in [-0.2, 0) is 0 Å². The molecule has 0 radical (unpaired) electrons. The lowest BCUT2D eigenvalue weighted by molar-refractivity contribution is 0.0904. The second kappa shape index (κ2) is 3.48. The summed E-state index contributed by atoms with van der Waals surface area (Å²) >= 11 is 5.78. The van der Waals surface area contributed by atoms with E-state index < -0.39 is 0 Å². The van der Waals surface area contributed by atoms with E-state index in [4.69, 9.17) is 11.6 Å². The molecule has 1 N–H and O–H groups in total. The van der Waals surface area contributed by atoms with Crippen LogP contribution in [0.3, 0.4) is 0 Å². The van der Waals surface area contributed by atoms with E-state index in [1.807, 2.05) is 0 Å². The van der Waals surface area contributed by atoms with E-state index in [-0.39, 0.29) is 11.8 Å². The summed E-state index contributed by atoms with van der Waals surface area (Å²) in [5, 5.41) is 3.69. The van der Waals surface area contributed by atoms with Crippen molar-refractivity contribution in [1.82, 2.24) is 5.32 Å². The van der Waals surface area contributed by atoms with Crippen LogP contribution >= 0.6 is 11.6 Å². The Bertz CT molecular complexity index is 333. The Morgan fingerprint density at radius 1 is 1.54 bits per heavy atom. The predicted molar refractivity (Wildman–Crippen MR) is 52.2 cm³/mol. The Hall–Kier alpha value is -0.860. The molecule has 1 aliphatic heterocycles. The average Bonchev–Trinajstić information content (AvgIpc) is 2.01. The first-order chi connectivity index (χ1) is 6.27. The number of halogens is 1. The van der Waals surface area contributed by atoms with Gasteiger partial charge in [-0.25, -0.2) is 0 Å². The van der Waals surface area contributed by atoms with Gasteiger partial charge in [-0.15, -0.1) is 0 Å². The van der Waals surface area contributed by atoms with Gasteiger partial charge in [0.2, 0.25) is 0 Å². The third-order valence-electron chi connectivity index (χ3n) is 2.25. The first-order valence-electron chi connectivity index (χ1n) is 4.30. The molecule has 1 aliphatic rings. The predicted octanol–water partition coefficient (Wildman–Crippen LogP) is 1.88. The topological polar surface area (TPSA) is 29.1 Å². The molecule has 3 heteroatoms. The number of hydrogen-bond acceptors (Lipinski definition) is 2. The Labute approximate surface area is 81.9 Å². The van der Waals surface area contributed by atoms with Gasteiger partial charge in [0.25, 0.3) is 0 Å². The number of carbonyl (C=O) groups is 1. The van der Waals surface area contributed by atoms with E-state index in [0.717, 1.165) is 13.0 Å². The molecule has 0 aromatic heterocycles. The van der Waals surface area contributed by atoms with E-state index in [2.05, 4.69) is 5.32 Å². The van der Waals surface area contributed by atoms with Gasteiger partial charge < -0.3 is 5.32 Å². The van der Waals surface area contributed by atoms with Gasteiger partial charge in [-0.05, 0) is 25.1 Å². The zero-order chi connectivity index (χ0) is 9.26. The fraction of sp³-hybridized carbons (Fsp3) is 0.300. The molecule has 0 spiro atoms. The summed E-state index contributed by atoms with van der Waals surface area (Å²) in [4.78, 5) is 11.7. The summed E-state index contributed by atoms with van der Waals surface area (Å²) in [6.45, 7) is 0.941. The molecule has 1 unspecified atom stereocenters. The Kier molecular flexibility index (Phi) is 2.34. The van der Waals surface area contributed by atoms with Gasteiger partial charge in [-0.2, -0.15) is 0 Å². The molecule has 1 aromatic carbocycles. The van der Waals surface area contributed by atoms with Crippen molar-refractivity contribution in [1.29, 1.82) is 0 Å². The highest BCUT2D eigenvalue weighted by Gasteiger charge is 2.25. The molecule has 13 heavy (non-hydrogen) atoms. The Balaban J connectivity index is 2.19. The van der Waals surface area contributed by atoms with Crippen molar-refractivity contribution in [3.05, 3.63) is 34.9 Å². The van der Waals surface area contributed by atoms with Gasteiger partial charge in [0.1, 0.15) is 0 Å². The Morgan fingerprint density at radius 3 is 2.85 bits per heavy atom. The maximum Gasteiger partial charge on any atom is 0.179 e. The SMILES string of the molecule is O=C(c1cccc(Cl)c1)C1CCN1. The van der Waals surface area contributed by atoms with E-state index in [1.54, 1.807) is 24.3 Å². The van der Waals surface area contributed by atoms with Crippen LogP contribution in [0.2, 0.25) is 5.02 Å². The van der Waals surface area contributed by atoms with E-state index in [9.17, 15) is 4.79 Å². The first kappa shape index (κ1) is 8.73. The fourth-order valence-electron chi connectivity index (χ4n) is 1.36. The normalized spacial score (nSPS) is 20.8. The van der Waals surface area contributed by atoms with Gasteiger partial charge in [0.15, 0.2) is 5.78 Å². The summed E-state index contributed by atoms with van der Waals surface area (Å²) in [6, 6.07) is 7.09. The zero-order valence-corrected chi connectivity index (χ0v) is 7.84. The average molecular weight is 196 g/mol. The number of hydrogen-bond donors (Lipinski definition) is 1. The van der Waals surface area contributed by atoms with Crippen molar-refractivity contribution >= 4 is 17.4 Å². The molecule has 0 bridgehead atoms. The second-order valence-electron chi connectivity index (χ2n) is 3.17. The monoisotopic (exact) mass is 195 g/mol. The quantitative estimate of drug-likeness (QED) is 0.731. The van der Waals surface area contributed by atoms with Crippen LogP contribution in [0.15, 0.2) is 24.3 Å². The third-order valence-corrected chi connectivity index (χ3v) is 2.48. The van der Waals surface area contributed by atoms with Gasteiger partial charge in [-0.1, -0.05) is 23.7 Å². The lowest BCUT2D eigenvalue weighted by Gasteiger charge is -2.26. The molecule has 1 atom stereocenters. The highest BCUT2D eigenvalue weighted by Crippen LogP contribution is 2.15. The van der Waals surface area contributed by atoms with Crippen LogP contribution in [0, 0.1) is 0 Å². The number of rotatable bonds is 2. The number of nitrogens with one attached hydrogen (secondary N) is 1. The molecule has 2 nitrogen and oxygen atoms in total. The smallest absolute Gasteiger partial charge is 0.179 e. The van der Waals surface area contributed by atoms with Crippen LogP contribution in [0.25, 0.3) is 0 Å². The number of Topliss-reactive ketones (excluding diaryl/α,β-unsaturated/α-hetero) is 1. The largest absolute Gasteiger partial charge is 0.307 e. The molecule has 0 aliphatic carbocycles. The van der Waals surface area contributed by atoms with Crippen molar-refractivity contribution in [2.24, 2.45) is 0 Å². The summed E-state index contributed by atoms with van der Waals surface area (Å²) in [5.41, 5.74) is 0.699. The molecule has 1 fully saturated rings. The number of ketones is 1. The summed E-state index contributed by atoms with van der Waals surface area (Å²) in [5.74, 6) is 0.147. The van der Waals surface area contributed by atoms with Crippen molar-refractivity contribution in [3.63, 3.8) is 0 Å². The molecule has 68 valence electrons. The molecule has 0 saturated carbocycles. The molecule has 1 heterocycles. The van der Waals surface area contributed by atoms with E-state index in [1.165, 1.54) is 0 Å².